The summed E-state index contributed by atoms with van der Waals surface area (Å²) in [5, 5.41) is 3.54. The van der Waals surface area contributed by atoms with Crippen molar-refractivity contribution in [2.45, 2.75) is 51.6 Å². The van der Waals surface area contributed by atoms with E-state index in [0.717, 1.165) is 32.2 Å². The van der Waals surface area contributed by atoms with E-state index in [0.29, 0.717) is 6.10 Å². The number of unbranched alkanes of at least 4 members (excludes halogenated alkanes) is 4. The summed E-state index contributed by atoms with van der Waals surface area (Å²) in [6.07, 6.45) is 8.13. The molecule has 3 nitrogen and oxygen atoms in total. The zero-order valence-electron chi connectivity index (χ0n) is 10.7. The SMILES string of the molecule is CC1OCCC1CNCCCCCCCN. The van der Waals surface area contributed by atoms with Gasteiger partial charge in [-0.05, 0) is 45.2 Å². The van der Waals surface area contributed by atoms with E-state index in [1.807, 2.05) is 0 Å². The Morgan fingerprint density at radius 1 is 1.19 bits per heavy atom. The van der Waals surface area contributed by atoms with E-state index in [-0.39, 0.29) is 0 Å². The highest BCUT2D eigenvalue weighted by Crippen LogP contribution is 2.19. The average Bonchev–Trinajstić information content (AvgIpc) is 2.68. The van der Waals surface area contributed by atoms with Crippen LogP contribution in [0.4, 0.5) is 0 Å². The lowest BCUT2D eigenvalue weighted by Gasteiger charge is -2.14. The molecule has 2 atom stereocenters. The summed E-state index contributed by atoms with van der Waals surface area (Å²) in [6.45, 7) is 6.27. The van der Waals surface area contributed by atoms with Gasteiger partial charge in [-0.2, -0.15) is 0 Å². The van der Waals surface area contributed by atoms with E-state index in [2.05, 4.69) is 12.2 Å². The molecule has 0 aromatic heterocycles. The minimum atomic E-state index is 0.456. The van der Waals surface area contributed by atoms with Gasteiger partial charge in [-0.25, -0.2) is 0 Å². The highest BCUT2D eigenvalue weighted by Gasteiger charge is 2.23. The lowest BCUT2D eigenvalue weighted by atomic mass is 10.0. The third-order valence-electron chi connectivity index (χ3n) is 3.50. The molecule has 0 radical (unpaired) electrons. The summed E-state index contributed by atoms with van der Waals surface area (Å²) in [5.41, 5.74) is 5.45. The molecule has 1 aliphatic heterocycles. The fourth-order valence-electron chi connectivity index (χ4n) is 2.26. The zero-order chi connectivity index (χ0) is 11.6. The highest BCUT2D eigenvalue weighted by atomic mass is 16.5. The van der Waals surface area contributed by atoms with E-state index in [1.165, 1.54) is 38.5 Å². The van der Waals surface area contributed by atoms with Crippen LogP contribution in [0, 0.1) is 5.92 Å². The molecule has 0 aromatic carbocycles. The molecular weight excluding hydrogens is 200 g/mol. The summed E-state index contributed by atoms with van der Waals surface area (Å²) < 4.78 is 5.54. The quantitative estimate of drug-likeness (QED) is 0.593. The molecular formula is C13H28N2O. The second-order valence-corrected chi connectivity index (χ2v) is 4.89. The minimum absolute atomic E-state index is 0.456. The van der Waals surface area contributed by atoms with Crippen LogP contribution in [0.15, 0.2) is 0 Å². The molecule has 2 unspecified atom stereocenters. The van der Waals surface area contributed by atoms with E-state index in [4.69, 9.17) is 10.5 Å². The standard InChI is InChI=1S/C13H28N2O/c1-12-13(7-10-16-12)11-15-9-6-4-2-3-5-8-14/h12-13,15H,2-11,14H2,1H3. The molecule has 0 spiro atoms. The normalized spacial score (nSPS) is 25.1. The maximum Gasteiger partial charge on any atom is 0.0588 e. The highest BCUT2D eigenvalue weighted by molar-refractivity contribution is 4.74. The molecule has 96 valence electrons. The molecule has 16 heavy (non-hydrogen) atoms. The predicted molar refractivity (Wildman–Crippen MR) is 68.5 cm³/mol. The summed E-state index contributed by atoms with van der Waals surface area (Å²) in [5.74, 6) is 0.734. The lowest BCUT2D eigenvalue weighted by Crippen LogP contribution is -2.27. The first-order chi connectivity index (χ1) is 7.84. The fraction of sp³-hybridized carbons (Fsp3) is 1.00. The number of nitrogens with one attached hydrogen (secondary N) is 1. The van der Waals surface area contributed by atoms with Crippen molar-refractivity contribution in [1.29, 1.82) is 0 Å². The van der Waals surface area contributed by atoms with Crippen LogP contribution in [0.2, 0.25) is 0 Å². The Kier molecular flexibility index (Phi) is 7.81. The number of nitrogens with two attached hydrogens (primary N) is 1. The van der Waals surface area contributed by atoms with Gasteiger partial charge in [0.25, 0.3) is 0 Å². The zero-order valence-corrected chi connectivity index (χ0v) is 10.7. The number of hydrogen-bond acceptors (Lipinski definition) is 3. The van der Waals surface area contributed by atoms with Crippen molar-refractivity contribution < 1.29 is 4.74 Å². The third-order valence-corrected chi connectivity index (χ3v) is 3.50. The van der Waals surface area contributed by atoms with Gasteiger partial charge < -0.3 is 15.8 Å². The monoisotopic (exact) mass is 228 g/mol. The topological polar surface area (TPSA) is 47.3 Å². The first kappa shape index (κ1) is 13.9. The van der Waals surface area contributed by atoms with Crippen molar-refractivity contribution in [2.75, 3.05) is 26.2 Å². The Labute approximate surface area is 100 Å². The molecule has 0 saturated carbocycles. The molecule has 3 N–H and O–H groups in total. The number of rotatable bonds is 9. The van der Waals surface area contributed by atoms with Crippen molar-refractivity contribution in [3.05, 3.63) is 0 Å². The van der Waals surface area contributed by atoms with Crippen molar-refractivity contribution in [3.63, 3.8) is 0 Å². The second-order valence-electron chi connectivity index (χ2n) is 4.89. The van der Waals surface area contributed by atoms with Crippen molar-refractivity contribution in [3.8, 4) is 0 Å². The maximum atomic E-state index is 5.54. The third kappa shape index (κ3) is 5.83. The van der Waals surface area contributed by atoms with Crippen molar-refractivity contribution in [2.24, 2.45) is 11.7 Å². The van der Waals surface area contributed by atoms with Crippen LogP contribution >= 0.6 is 0 Å². The van der Waals surface area contributed by atoms with Crippen LogP contribution < -0.4 is 11.1 Å². The van der Waals surface area contributed by atoms with E-state index < -0.39 is 0 Å². The molecule has 1 heterocycles. The number of hydrogen-bond donors (Lipinski definition) is 2. The molecule has 0 aromatic rings. The van der Waals surface area contributed by atoms with Gasteiger partial charge in [-0.15, -0.1) is 0 Å². The molecule has 0 aliphatic carbocycles. The van der Waals surface area contributed by atoms with Crippen molar-refractivity contribution >= 4 is 0 Å². The molecule has 0 bridgehead atoms. The smallest absolute Gasteiger partial charge is 0.0588 e. The van der Waals surface area contributed by atoms with Gasteiger partial charge in [-0.1, -0.05) is 19.3 Å². The maximum absolute atomic E-state index is 5.54. The van der Waals surface area contributed by atoms with Gasteiger partial charge >= 0.3 is 0 Å². The summed E-state index contributed by atoms with van der Waals surface area (Å²) in [7, 11) is 0. The Morgan fingerprint density at radius 3 is 2.62 bits per heavy atom. The van der Waals surface area contributed by atoms with Gasteiger partial charge in [-0.3, -0.25) is 0 Å². The van der Waals surface area contributed by atoms with Crippen LogP contribution in [-0.2, 0) is 4.74 Å². The molecule has 1 fully saturated rings. The van der Waals surface area contributed by atoms with Gasteiger partial charge in [0.1, 0.15) is 0 Å². The summed E-state index contributed by atoms with van der Waals surface area (Å²) >= 11 is 0. The Hall–Kier alpha value is -0.120. The fourth-order valence-corrected chi connectivity index (χ4v) is 2.26. The average molecular weight is 228 g/mol. The van der Waals surface area contributed by atoms with Crippen molar-refractivity contribution in [1.82, 2.24) is 5.32 Å². The van der Waals surface area contributed by atoms with E-state index >= 15 is 0 Å². The van der Waals surface area contributed by atoms with Crippen LogP contribution in [-0.4, -0.2) is 32.3 Å². The molecule has 1 rings (SSSR count). The lowest BCUT2D eigenvalue weighted by molar-refractivity contribution is 0.105. The van der Waals surface area contributed by atoms with Crippen LogP contribution in [0.5, 0.6) is 0 Å². The second kappa shape index (κ2) is 8.97. The Morgan fingerprint density at radius 2 is 1.94 bits per heavy atom. The minimum Gasteiger partial charge on any atom is -0.378 e. The molecule has 3 heteroatoms. The first-order valence-electron chi connectivity index (χ1n) is 6.87. The van der Waals surface area contributed by atoms with Gasteiger partial charge in [0.15, 0.2) is 0 Å². The van der Waals surface area contributed by atoms with Gasteiger partial charge in [0, 0.05) is 13.2 Å². The molecule has 1 saturated heterocycles. The molecule has 0 amide bonds. The largest absolute Gasteiger partial charge is 0.378 e. The van der Waals surface area contributed by atoms with Crippen LogP contribution in [0.1, 0.15) is 45.4 Å². The predicted octanol–water partition coefficient (Wildman–Crippen LogP) is 1.91. The van der Waals surface area contributed by atoms with Gasteiger partial charge in [0.05, 0.1) is 6.10 Å². The van der Waals surface area contributed by atoms with Crippen LogP contribution in [0.3, 0.4) is 0 Å². The molecule has 1 aliphatic rings. The van der Waals surface area contributed by atoms with E-state index in [9.17, 15) is 0 Å². The summed E-state index contributed by atoms with van der Waals surface area (Å²) in [4.78, 5) is 0. The van der Waals surface area contributed by atoms with E-state index in [1.54, 1.807) is 0 Å². The first-order valence-corrected chi connectivity index (χ1v) is 6.87. The Balaban J connectivity index is 1.81. The van der Waals surface area contributed by atoms with Crippen LogP contribution in [0.25, 0.3) is 0 Å². The number of ether oxygens (including phenoxy) is 1. The Bertz CT molecular complexity index is 164. The summed E-state index contributed by atoms with van der Waals surface area (Å²) in [6, 6.07) is 0. The van der Waals surface area contributed by atoms with Gasteiger partial charge in [0.2, 0.25) is 0 Å².